The number of rotatable bonds is 4. The van der Waals surface area contributed by atoms with Crippen LogP contribution in [-0.2, 0) is 0 Å². The summed E-state index contributed by atoms with van der Waals surface area (Å²) in [4.78, 5) is 9.79. The number of nitrogens with one attached hydrogen (secondary N) is 2. The zero-order chi connectivity index (χ0) is 28.6. The van der Waals surface area contributed by atoms with E-state index in [1.54, 1.807) is 0 Å². The van der Waals surface area contributed by atoms with E-state index in [-0.39, 0.29) is 0 Å². The molecular weight excluding hydrogens is 528 g/mol. The van der Waals surface area contributed by atoms with Crippen molar-refractivity contribution < 1.29 is 4.74 Å². The molecule has 2 N–H and O–H groups in total. The molecule has 0 unspecified atom stereocenters. The second kappa shape index (κ2) is 10.5. The summed E-state index contributed by atoms with van der Waals surface area (Å²) in [6, 6.07) is 40.7. The van der Waals surface area contributed by atoms with Crippen LogP contribution in [0, 0.1) is 0 Å². The molecule has 0 bridgehead atoms. The molecule has 0 spiro atoms. The molecule has 0 amide bonds. The van der Waals surface area contributed by atoms with Crippen molar-refractivity contribution in [3.05, 3.63) is 144 Å². The van der Waals surface area contributed by atoms with E-state index in [2.05, 4.69) is 95.6 Å². The number of benzene rings is 4. The van der Waals surface area contributed by atoms with E-state index in [0.29, 0.717) is 11.8 Å². The monoisotopic (exact) mass is 554 g/mol. The number of pyridine rings is 2. The van der Waals surface area contributed by atoms with Crippen molar-refractivity contribution in [3.8, 4) is 34.3 Å². The van der Waals surface area contributed by atoms with E-state index >= 15 is 0 Å². The van der Waals surface area contributed by atoms with Gasteiger partial charge < -0.3 is 15.4 Å². The molecule has 2 aliphatic heterocycles. The lowest BCUT2D eigenvalue weighted by Gasteiger charge is -2.16. The van der Waals surface area contributed by atoms with Gasteiger partial charge in [-0.1, -0.05) is 109 Å². The molecule has 6 aromatic rings. The second-order valence-corrected chi connectivity index (χ2v) is 10.5. The third-order valence-electron chi connectivity index (χ3n) is 7.73. The zero-order valence-electron chi connectivity index (χ0n) is 23.2. The third kappa shape index (κ3) is 4.73. The van der Waals surface area contributed by atoms with Crippen molar-refractivity contribution in [2.24, 2.45) is 0 Å². The van der Waals surface area contributed by atoms with Gasteiger partial charge in [0.1, 0.15) is 0 Å². The number of anilines is 4. The Bertz CT molecular complexity index is 1930. The molecular formula is C38H26N4O. The van der Waals surface area contributed by atoms with Crippen molar-refractivity contribution >= 4 is 47.1 Å². The van der Waals surface area contributed by atoms with E-state index in [4.69, 9.17) is 14.7 Å². The van der Waals surface area contributed by atoms with Crippen molar-refractivity contribution in [2.75, 3.05) is 10.6 Å². The van der Waals surface area contributed by atoms with E-state index in [1.807, 2.05) is 60.7 Å². The van der Waals surface area contributed by atoms with Gasteiger partial charge in [-0.3, -0.25) is 0 Å². The highest BCUT2D eigenvalue weighted by Gasteiger charge is 2.17. The molecule has 4 heterocycles. The molecule has 4 aromatic carbocycles. The maximum absolute atomic E-state index is 6.26. The maximum Gasteiger partial charge on any atom is 0.221 e. The van der Waals surface area contributed by atoms with Crippen LogP contribution < -0.4 is 15.4 Å². The highest BCUT2D eigenvalue weighted by atomic mass is 16.5. The predicted molar refractivity (Wildman–Crippen MR) is 177 cm³/mol. The molecule has 0 aliphatic carbocycles. The highest BCUT2D eigenvalue weighted by molar-refractivity contribution is 5.95. The summed E-state index contributed by atoms with van der Waals surface area (Å²) < 4.78 is 6.26. The molecule has 5 heteroatoms. The maximum atomic E-state index is 6.26. The van der Waals surface area contributed by atoms with Crippen molar-refractivity contribution in [2.45, 2.75) is 0 Å². The molecule has 0 saturated heterocycles. The first-order valence-electron chi connectivity index (χ1n) is 14.3. The Hall–Kier alpha value is -5.94. The van der Waals surface area contributed by atoms with Crippen molar-refractivity contribution in [1.82, 2.24) is 9.97 Å². The van der Waals surface area contributed by atoms with Gasteiger partial charge in [0.15, 0.2) is 0 Å². The molecule has 2 aromatic heterocycles. The summed E-state index contributed by atoms with van der Waals surface area (Å²) in [5, 5.41) is 7.27. The lowest BCUT2D eigenvalue weighted by molar-refractivity contribution is 0.446. The Balaban J connectivity index is 1.11. The molecule has 0 atom stereocenters. The number of hydrogen-bond donors (Lipinski definition) is 2. The lowest BCUT2D eigenvalue weighted by atomic mass is 10.0. The number of ether oxygens (including phenoxy) is 1. The van der Waals surface area contributed by atoms with Crippen molar-refractivity contribution in [3.63, 3.8) is 0 Å². The van der Waals surface area contributed by atoms with Gasteiger partial charge in [-0.15, -0.1) is 0 Å². The number of aromatic nitrogens is 2. The molecule has 0 fully saturated rings. The van der Waals surface area contributed by atoms with Crippen LogP contribution in [0.5, 0.6) is 11.8 Å². The van der Waals surface area contributed by atoms with E-state index in [0.717, 1.165) is 67.5 Å². The minimum absolute atomic E-state index is 0.478. The van der Waals surface area contributed by atoms with E-state index < -0.39 is 0 Å². The van der Waals surface area contributed by atoms with Crippen LogP contribution in [0.25, 0.3) is 46.8 Å². The van der Waals surface area contributed by atoms with Gasteiger partial charge in [0.25, 0.3) is 0 Å². The minimum atomic E-state index is 0.478. The first-order valence-corrected chi connectivity index (χ1v) is 14.3. The number of nitrogens with zero attached hydrogens (tertiary/aromatic N) is 2. The average Bonchev–Trinajstić information content (AvgIpc) is 3.37. The average molecular weight is 555 g/mol. The summed E-state index contributed by atoms with van der Waals surface area (Å²) in [5.41, 5.74) is 12.3. The molecule has 8 rings (SSSR count). The molecule has 0 saturated carbocycles. The third-order valence-corrected chi connectivity index (χ3v) is 7.73. The van der Waals surface area contributed by atoms with Crippen LogP contribution in [0.2, 0.25) is 0 Å². The fourth-order valence-electron chi connectivity index (χ4n) is 5.62. The number of fused-ring (bicyclic) bond motifs is 4. The largest absolute Gasteiger partial charge is 0.421 e. The van der Waals surface area contributed by atoms with Gasteiger partial charge in [-0.05, 0) is 46.5 Å². The molecule has 5 nitrogen and oxygen atoms in total. The smallest absolute Gasteiger partial charge is 0.221 e. The summed E-state index contributed by atoms with van der Waals surface area (Å²) in [7, 11) is 0. The van der Waals surface area contributed by atoms with Gasteiger partial charge in [0.05, 0.1) is 22.8 Å². The normalized spacial score (nSPS) is 12.4. The molecule has 43 heavy (non-hydrogen) atoms. The molecule has 2 aliphatic rings. The fourth-order valence-corrected chi connectivity index (χ4v) is 5.62. The fraction of sp³-hybridized carbons (Fsp3) is 0. The minimum Gasteiger partial charge on any atom is -0.421 e. The number of para-hydroxylation sites is 4. The van der Waals surface area contributed by atoms with Crippen LogP contribution >= 0.6 is 0 Å². The Morgan fingerprint density at radius 1 is 0.395 bits per heavy atom. The zero-order valence-corrected chi connectivity index (χ0v) is 23.2. The second-order valence-electron chi connectivity index (χ2n) is 10.5. The van der Waals surface area contributed by atoms with Crippen LogP contribution in [0.4, 0.5) is 22.7 Å². The highest BCUT2D eigenvalue weighted by Crippen LogP contribution is 2.39. The van der Waals surface area contributed by atoms with E-state index in [9.17, 15) is 0 Å². The topological polar surface area (TPSA) is 59.1 Å². The molecule has 0 radical (unpaired) electrons. The summed E-state index contributed by atoms with van der Waals surface area (Å²) in [6.45, 7) is 0. The number of hydrogen-bond acceptors (Lipinski definition) is 5. The SMILES string of the molecule is C1=Cc2cccc(-c3cccc(Oc4cccc(-c5cccc6c5Nc5ccccc5C=C6)n4)n3)c2Nc2ccccc21. The Labute approximate surface area is 249 Å². The van der Waals surface area contributed by atoms with Gasteiger partial charge in [0.2, 0.25) is 11.8 Å². The van der Waals surface area contributed by atoms with Crippen molar-refractivity contribution in [1.29, 1.82) is 0 Å². The van der Waals surface area contributed by atoms with Crippen LogP contribution in [0.1, 0.15) is 22.3 Å². The van der Waals surface area contributed by atoms with Gasteiger partial charge >= 0.3 is 0 Å². The van der Waals surface area contributed by atoms with Crippen LogP contribution in [-0.4, -0.2) is 9.97 Å². The van der Waals surface area contributed by atoms with Gasteiger partial charge in [-0.2, -0.15) is 0 Å². The molecule has 204 valence electrons. The standard InChI is InChI=1S/C38H26N4O/c1-3-15-31-25(9-1)21-23-27-11-5-13-29(37(27)41-31)33-17-7-19-35(39-33)43-36-20-8-18-34(40-36)30-14-6-12-28-24-22-26-10-2-4-16-32(26)42-38(28)30/h1-24,41-42H. The summed E-state index contributed by atoms with van der Waals surface area (Å²) in [6.07, 6.45) is 8.56. The van der Waals surface area contributed by atoms with Crippen LogP contribution in [0.3, 0.4) is 0 Å². The first-order chi connectivity index (χ1) is 21.3. The van der Waals surface area contributed by atoms with Gasteiger partial charge in [0, 0.05) is 34.6 Å². The summed E-state index contributed by atoms with van der Waals surface area (Å²) >= 11 is 0. The Kier molecular flexibility index (Phi) is 6.05. The quantitative estimate of drug-likeness (QED) is 0.227. The first kappa shape index (κ1) is 24.8. The Morgan fingerprint density at radius 2 is 0.814 bits per heavy atom. The summed E-state index contributed by atoms with van der Waals surface area (Å²) in [5.74, 6) is 0.956. The van der Waals surface area contributed by atoms with Crippen LogP contribution in [0.15, 0.2) is 121 Å². The van der Waals surface area contributed by atoms with E-state index in [1.165, 1.54) is 0 Å². The van der Waals surface area contributed by atoms with Gasteiger partial charge in [-0.25, -0.2) is 9.97 Å². The predicted octanol–water partition coefficient (Wildman–Crippen LogP) is 10.1. The lowest BCUT2D eigenvalue weighted by Crippen LogP contribution is -1.99. The Morgan fingerprint density at radius 3 is 1.33 bits per heavy atom.